The van der Waals surface area contributed by atoms with Crippen LogP contribution in [0.25, 0.3) is 22.0 Å². The number of fused-ring (bicyclic) bond motifs is 2. The zero-order chi connectivity index (χ0) is 38.1. The molecule has 2 aliphatic rings. The molecule has 1 fully saturated rings. The van der Waals surface area contributed by atoms with Crippen molar-refractivity contribution in [1.82, 2.24) is 19.8 Å². The van der Waals surface area contributed by atoms with Gasteiger partial charge in [-0.25, -0.2) is 8.78 Å². The van der Waals surface area contributed by atoms with Crippen molar-refractivity contribution in [3.05, 3.63) is 106 Å². The molecule has 54 heavy (non-hydrogen) atoms. The van der Waals surface area contributed by atoms with Gasteiger partial charge in [0.2, 0.25) is 17.7 Å². The number of piperidine rings is 1. The minimum atomic E-state index is -1.03. The van der Waals surface area contributed by atoms with Crippen LogP contribution in [0.4, 0.5) is 20.2 Å². The topological polar surface area (TPSA) is 172 Å². The van der Waals surface area contributed by atoms with E-state index in [-0.39, 0.29) is 53.4 Å². The van der Waals surface area contributed by atoms with Crippen LogP contribution in [-0.4, -0.2) is 56.6 Å². The maximum absolute atomic E-state index is 14.6. The number of pyridine rings is 1. The number of aryl methyl sites for hydroxylation is 1. The smallest absolute Gasteiger partial charge is 0.274 e. The third-order valence-electron chi connectivity index (χ3n) is 9.41. The normalized spacial score (nSPS) is 15.4. The average molecular weight is 737 g/mol. The average Bonchev–Trinajstić information content (AvgIpc) is 3.73. The molecule has 7 rings (SSSR count). The summed E-state index contributed by atoms with van der Waals surface area (Å²) in [6, 6.07) is 13.3. The molecule has 0 spiro atoms. The number of benzene rings is 3. The second-order valence-electron chi connectivity index (χ2n) is 13.1. The molecule has 5 amide bonds. The Morgan fingerprint density at radius 3 is 2.41 bits per heavy atom. The molecule has 1 atom stereocenters. The van der Waals surface area contributed by atoms with Crippen molar-refractivity contribution in [1.29, 1.82) is 0 Å². The van der Waals surface area contributed by atoms with Gasteiger partial charge >= 0.3 is 0 Å². The van der Waals surface area contributed by atoms with Crippen LogP contribution in [-0.2, 0) is 21.4 Å². The number of imide groups is 2. The summed E-state index contributed by atoms with van der Waals surface area (Å²) in [5.41, 5.74) is 2.61. The van der Waals surface area contributed by atoms with Crippen LogP contribution in [0.3, 0.4) is 0 Å². The van der Waals surface area contributed by atoms with E-state index in [0.29, 0.717) is 59.2 Å². The number of ether oxygens (including phenoxy) is 1. The van der Waals surface area contributed by atoms with E-state index in [1.165, 1.54) is 10.6 Å². The lowest BCUT2D eigenvalue weighted by molar-refractivity contribution is -0.136. The van der Waals surface area contributed by atoms with Crippen LogP contribution in [0.15, 0.2) is 77.9 Å². The number of carbonyl (C=O) groups excluding carboxylic acids is 5. The Bertz CT molecular complexity index is 2420. The Morgan fingerprint density at radius 1 is 0.852 bits per heavy atom. The molecule has 4 heterocycles. The van der Waals surface area contributed by atoms with Crippen molar-refractivity contribution in [2.75, 3.05) is 17.2 Å². The Hall–Kier alpha value is -6.64. The molecule has 2 aliphatic heterocycles. The van der Waals surface area contributed by atoms with Crippen LogP contribution >= 0.6 is 0 Å². The molecule has 276 valence electrons. The van der Waals surface area contributed by atoms with Gasteiger partial charge in [-0.2, -0.15) is 0 Å². The molecule has 0 saturated carbocycles. The van der Waals surface area contributed by atoms with Gasteiger partial charge in [-0.1, -0.05) is 6.42 Å². The van der Waals surface area contributed by atoms with Gasteiger partial charge in [-0.3, -0.25) is 39.0 Å². The number of hydrogen-bond acceptors (Lipinski definition) is 8. The van der Waals surface area contributed by atoms with Gasteiger partial charge in [0.05, 0.1) is 11.1 Å². The highest BCUT2D eigenvalue weighted by Gasteiger charge is 2.44. The molecule has 1 unspecified atom stereocenters. The molecular formula is C39H34F2N6O7. The van der Waals surface area contributed by atoms with E-state index in [1.54, 1.807) is 61.9 Å². The minimum absolute atomic E-state index is 0.0426. The largest absolute Gasteiger partial charge is 0.454 e. The summed E-state index contributed by atoms with van der Waals surface area (Å²) in [4.78, 5) is 79.5. The van der Waals surface area contributed by atoms with E-state index in [2.05, 4.69) is 20.9 Å². The van der Waals surface area contributed by atoms with E-state index in [9.17, 15) is 37.5 Å². The summed E-state index contributed by atoms with van der Waals surface area (Å²) >= 11 is 0. The number of halogens is 2. The Balaban J connectivity index is 0.956. The molecule has 0 bridgehead atoms. The molecule has 15 heteroatoms. The van der Waals surface area contributed by atoms with Gasteiger partial charge in [0.25, 0.3) is 17.4 Å². The lowest BCUT2D eigenvalue weighted by atomic mass is 10.0. The summed E-state index contributed by atoms with van der Waals surface area (Å²) in [5, 5.41) is 8.90. The highest BCUT2D eigenvalue weighted by Crippen LogP contribution is 2.39. The first-order valence-corrected chi connectivity index (χ1v) is 17.3. The number of aromatic amines is 1. The van der Waals surface area contributed by atoms with Crippen LogP contribution in [0, 0.1) is 11.6 Å². The fourth-order valence-corrected chi connectivity index (χ4v) is 6.69. The fourth-order valence-electron chi connectivity index (χ4n) is 6.69. The van der Waals surface area contributed by atoms with E-state index >= 15 is 0 Å². The summed E-state index contributed by atoms with van der Waals surface area (Å²) in [5.74, 6) is -4.11. The quantitative estimate of drug-likeness (QED) is 0.0945. The first-order chi connectivity index (χ1) is 26.0. The predicted octanol–water partition coefficient (Wildman–Crippen LogP) is 5.62. The first-order valence-electron chi connectivity index (χ1n) is 17.3. The standard InChI is InChI=1S/C39H34F2N6O7/c1-46-20-28(24-14-16-43-35(24)39(46)53)26-19-23(8-12-31(26)54-32-11-6-21(40)17-29(32)41)44-33(48)5-3-2-4-15-42-22-7-9-25-27(18-22)38(52)47(37(25)51)30-10-13-34(49)45-36(30)50/h6-9,11-12,14,16-20,30,42-43H,2-5,10,13,15H2,1H3,(H,44,48)(H,45,49,50). The van der Waals surface area contributed by atoms with Gasteiger partial charge in [0.15, 0.2) is 11.6 Å². The SMILES string of the molecule is Cn1cc(-c2cc(NC(=O)CCCCCNc3ccc4c(c3)C(=O)N(C3CCC(=O)NC3=O)C4=O)ccc2Oc2ccc(F)cc2F)c2cc[nH]c2c1=O. The van der Waals surface area contributed by atoms with Gasteiger partial charge in [0.1, 0.15) is 23.1 Å². The summed E-state index contributed by atoms with van der Waals surface area (Å²) < 4.78 is 35.4. The van der Waals surface area contributed by atoms with Crippen LogP contribution < -0.4 is 26.2 Å². The van der Waals surface area contributed by atoms with E-state index in [4.69, 9.17) is 4.74 Å². The van der Waals surface area contributed by atoms with Crippen LogP contribution in [0.2, 0.25) is 0 Å². The molecule has 4 N–H and O–H groups in total. The molecule has 1 saturated heterocycles. The summed E-state index contributed by atoms with van der Waals surface area (Å²) in [7, 11) is 1.60. The third-order valence-corrected chi connectivity index (χ3v) is 9.41. The monoisotopic (exact) mass is 736 g/mol. The number of anilines is 2. The number of unbranched alkanes of at least 4 members (excludes halogenated alkanes) is 2. The van der Waals surface area contributed by atoms with Gasteiger partial charge in [-0.15, -0.1) is 0 Å². The number of hydrogen-bond donors (Lipinski definition) is 4. The zero-order valence-corrected chi connectivity index (χ0v) is 29.0. The second-order valence-corrected chi connectivity index (χ2v) is 13.1. The van der Waals surface area contributed by atoms with Crippen molar-refractivity contribution in [3.8, 4) is 22.6 Å². The predicted molar refractivity (Wildman–Crippen MR) is 194 cm³/mol. The minimum Gasteiger partial charge on any atom is -0.454 e. The van der Waals surface area contributed by atoms with Crippen molar-refractivity contribution in [2.24, 2.45) is 7.05 Å². The maximum atomic E-state index is 14.6. The number of nitrogens with one attached hydrogen (secondary N) is 4. The molecule has 0 aliphatic carbocycles. The van der Waals surface area contributed by atoms with E-state index < -0.39 is 41.3 Å². The lowest BCUT2D eigenvalue weighted by Gasteiger charge is -2.27. The Morgan fingerprint density at radius 2 is 1.61 bits per heavy atom. The fraction of sp³-hybridized carbons (Fsp3) is 0.231. The number of amides is 5. The summed E-state index contributed by atoms with van der Waals surface area (Å²) in [6.45, 7) is 0.534. The highest BCUT2D eigenvalue weighted by molar-refractivity contribution is 6.23. The van der Waals surface area contributed by atoms with Gasteiger partial charge < -0.3 is 24.9 Å². The molecule has 0 radical (unpaired) electrons. The van der Waals surface area contributed by atoms with Crippen molar-refractivity contribution in [3.63, 3.8) is 0 Å². The second kappa shape index (κ2) is 14.8. The molecule has 3 aromatic carbocycles. The highest BCUT2D eigenvalue weighted by atomic mass is 19.1. The number of H-pyrrole nitrogens is 1. The molecule has 2 aromatic heterocycles. The number of carbonyl (C=O) groups is 5. The lowest BCUT2D eigenvalue weighted by Crippen LogP contribution is -2.54. The number of aromatic nitrogens is 2. The third kappa shape index (κ3) is 7.07. The van der Waals surface area contributed by atoms with Crippen LogP contribution in [0.5, 0.6) is 11.5 Å². The zero-order valence-electron chi connectivity index (χ0n) is 29.0. The maximum Gasteiger partial charge on any atom is 0.274 e. The molecule has 5 aromatic rings. The van der Waals surface area contributed by atoms with Crippen LogP contribution in [0.1, 0.15) is 59.2 Å². The van der Waals surface area contributed by atoms with Gasteiger partial charge in [0, 0.05) is 72.8 Å². The van der Waals surface area contributed by atoms with Crippen molar-refractivity contribution >= 4 is 51.8 Å². The van der Waals surface area contributed by atoms with Crippen molar-refractivity contribution in [2.45, 2.75) is 44.6 Å². The number of nitrogens with zero attached hydrogens (tertiary/aromatic N) is 2. The van der Waals surface area contributed by atoms with E-state index in [1.807, 2.05) is 0 Å². The van der Waals surface area contributed by atoms with Crippen molar-refractivity contribution < 1.29 is 37.5 Å². The first kappa shape index (κ1) is 35.7. The Labute approximate surface area is 306 Å². The van der Waals surface area contributed by atoms with Gasteiger partial charge in [-0.05, 0) is 73.9 Å². The number of rotatable bonds is 12. The molecule has 13 nitrogen and oxygen atoms in total. The summed E-state index contributed by atoms with van der Waals surface area (Å²) in [6.07, 6.45) is 5.59. The van der Waals surface area contributed by atoms with E-state index in [0.717, 1.165) is 17.0 Å². The molecular weight excluding hydrogens is 702 g/mol. The Kier molecular flexibility index (Phi) is 9.78.